The van der Waals surface area contributed by atoms with Crippen LogP contribution in [-0.4, -0.2) is 40.5 Å². The van der Waals surface area contributed by atoms with E-state index in [1.165, 1.54) is 6.92 Å². The summed E-state index contributed by atoms with van der Waals surface area (Å²) in [6.07, 6.45) is 2.08. The van der Waals surface area contributed by atoms with Gasteiger partial charge < -0.3 is 20.4 Å². The van der Waals surface area contributed by atoms with Gasteiger partial charge in [-0.05, 0) is 46.2 Å². The Morgan fingerprint density at radius 3 is 2.44 bits per heavy atom. The van der Waals surface area contributed by atoms with Crippen LogP contribution in [0.4, 0.5) is 4.79 Å². The van der Waals surface area contributed by atoms with Gasteiger partial charge in [0.2, 0.25) is 0 Å². The van der Waals surface area contributed by atoms with Gasteiger partial charge in [-0.1, -0.05) is 18.2 Å². The molecule has 0 aliphatic carbocycles. The van der Waals surface area contributed by atoms with E-state index < -0.39 is 29.7 Å². The molecule has 27 heavy (non-hydrogen) atoms. The third kappa shape index (κ3) is 5.84. The Morgan fingerprint density at radius 1 is 1.15 bits per heavy atom. The van der Waals surface area contributed by atoms with Gasteiger partial charge in [-0.25, -0.2) is 9.59 Å². The van der Waals surface area contributed by atoms with Crippen molar-refractivity contribution < 1.29 is 19.1 Å². The molecule has 0 aliphatic rings. The monoisotopic (exact) mass is 373 g/mol. The summed E-state index contributed by atoms with van der Waals surface area (Å²) in [4.78, 5) is 39.4. The fourth-order valence-electron chi connectivity index (χ4n) is 2.58. The second kappa shape index (κ2) is 8.24. The molecule has 1 heterocycles. The van der Waals surface area contributed by atoms with Crippen molar-refractivity contribution in [1.29, 1.82) is 0 Å². The van der Waals surface area contributed by atoms with Crippen molar-refractivity contribution in [3.05, 3.63) is 36.0 Å². The molecular weight excluding hydrogens is 346 g/mol. The number of rotatable bonds is 6. The number of ketones is 1. The number of fused-ring (bicyclic) bond motifs is 1. The summed E-state index contributed by atoms with van der Waals surface area (Å²) >= 11 is 0. The van der Waals surface area contributed by atoms with Crippen LogP contribution in [0, 0.1) is 0 Å². The molecule has 7 nitrogen and oxygen atoms in total. The van der Waals surface area contributed by atoms with Gasteiger partial charge in [0.15, 0.2) is 5.78 Å². The van der Waals surface area contributed by atoms with E-state index in [2.05, 4.69) is 15.6 Å². The number of nitrogens with one attached hydrogen (secondary N) is 3. The molecule has 0 radical (unpaired) electrons. The Hall–Kier alpha value is -2.83. The average molecular weight is 373 g/mol. The maximum absolute atomic E-state index is 12.6. The highest BCUT2D eigenvalue weighted by Crippen LogP contribution is 2.20. The van der Waals surface area contributed by atoms with Gasteiger partial charge in [-0.3, -0.25) is 4.79 Å². The van der Waals surface area contributed by atoms with Crippen LogP contribution in [0.3, 0.4) is 0 Å². The first-order valence-electron chi connectivity index (χ1n) is 8.92. The molecule has 0 saturated heterocycles. The van der Waals surface area contributed by atoms with E-state index in [1.807, 2.05) is 30.5 Å². The molecule has 7 heteroatoms. The predicted molar refractivity (Wildman–Crippen MR) is 103 cm³/mol. The SMILES string of the molecule is CC(=O)C(C)NC(=O)NC(Cc1c[nH]c2ccccc12)C(=O)OC(C)(C)C. The fourth-order valence-corrected chi connectivity index (χ4v) is 2.58. The molecule has 0 spiro atoms. The van der Waals surface area contributed by atoms with Crippen molar-refractivity contribution in [3.63, 3.8) is 0 Å². The van der Waals surface area contributed by atoms with Gasteiger partial charge in [0.25, 0.3) is 0 Å². The third-order valence-electron chi connectivity index (χ3n) is 4.05. The van der Waals surface area contributed by atoms with Gasteiger partial charge in [-0.15, -0.1) is 0 Å². The summed E-state index contributed by atoms with van der Waals surface area (Å²) < 4.78 is 5.46. The van der Waals surface area contributed by atoms with Crippen LogP contribution >= 0.6 is 0 Å². The molecule has 2 unspecified atom stereocenters. The molecule has 0 aliphatic heterocycles. The number of carbonyl (C=O) groups is 3. The highest BCUT2D eigenvalue weighted by atomic mass is 16.6. The number of H-pyrrole nitrogens is 1. The molecule has 2 atom stereocenters. The lowest BCUT2D eigenvalue weighted by Gasteiger charge is -2.25. The van der Waals surface area contributed by atoms with Crippen LogP contribution in [0.15, 0.2) is 30.5 Å². The molecule has 146 valence electrons. The lowest BCUT2D eigenvalue weighted by Crippen LogP contribution is -2.51. The average Bonchev–Trinajstić information content (AvgIpc) is 2.95. The van der Waals surface area contributed by atoms with Crippen LogP contribution in [0.1, 0.15) is 40.2 Å². The topological polar surface area (TPSA) is 100 Å². The maximum atomic E-state index is 12.6. The number of aromatic nitrogens is 1. The third-order valence-corrected chi connectivity index (χ3v) is 4.05. The van der Waals surface area contributed by atoms with Crippen LogP contribution in [0.2, 0.25) is 0 Å². The minimum atomic E-state index is -0.886. The standard InChI is InChI=1S/C20H27N3O4/c1-12(13(2)24)22-19(26)23-17(18(25)27-20(3,4)5)10-14-11-21-16-9-7-6-8-15(14)16/h6-9,11-12,17,21H,10H2,1-5H3,(H2,22,23,26). The summed E-state index contributed by atoms with van der Waals surface area (Å²) in [5.74, 6) is -0.700. The second-order valence-electron chi connectivity index (χ2n) is 7.60. The zero-order valence-electron chi connectivity index (χ0n) is 16.4. The smallest absolute Gasteiger partial charge is 0.329 e. The minimum absolute atomic E-state index is 0.171. The molecule has 0 bridgehead atoms. The highest BCUT2D eigenvalue weighted by Gasteiger charge is 2.28. The molecular formula is C20H27N3O4. The van der Waals surface area contributed by atoms with E-state index in [4.69, 9.17) is 4.74 Å². The van der Waals surface area contributed by atoms with Gasteiger partial charge in [-0.2, -0.15) is 0 Å². The van der Waals surface area contributed by atoms with E-state index in [0.717, 1.165) is 16.5 Å². The summed E-state index contributed by atoms with van der Waals surface area (Å²) in [5.41, 5.74) is 1.16. The van der Waals surface area contributed by atoms with Crippen LogP contribution in [0.25, 0.3) is 10.9 Å². The number of benzene rings is 1. The van der Waals surface area contributed by atoms with E-state index in [0.29, 0.717) is 0 Å². The molecule has 3 N–H and O–H groups in total. The van der Waals surface area contributed by atoms with Crippen LogP contribution in [0.5, 0.6) is 0 Å². The number of hydrogen-bond acceptors (Lipinski definition) is 4. The largest absolute Gasteiger partial charge is 0.458 e. The quantitative estimate of drug-likeness (QED) is 0.678. The van der Waals surface area contributed by atoms with Crippen LogP contribution < -0.4 is 10.6 Å². The number of aromatic amines is 1. The van der Waals surface area contributed by atoms with Crippen molar-refractivity contribution in [3.8, 4) is 0 Å². The second-order valence-corrected chi connectivity index (χ2v) is 7.60. The molecule has 0 saturated carbocycles. The number of Topliss-reactive ketones (excluding diaryl/α,β-unsaturated/α-hetero) is 1. The van der Waals surface area contributed by atoms with Crippen molar-refractivity contribution >= 4 is 28.7 Å². The molecule has 0 fully saturated rings. The number of ether oxygens (including phenoxy) is 1. The van der Waals surface area contributed by atoms with E-state index in [-0.39, 0.29) is 12.2 Å². The predicted octanol–water partition coefficient (Wildman–Crippen LogP) is 2.70. The molecule has 2 rings (SSSR count). The van der Waals surface area contributed by atoms with Gasteiger partial charge in [0.1, 0.15) is 11.6 Å². The van der Waals surface area contributed by atoms with Crippen molar-refractivity contribution in [2.75, 3.05) is 0 Å². The van der Waals surface area contributed by atoms with E-state index in [9.17, 15) is 14.4 Å². The lowest BCUT2D eigenvalue weighted by atomic mass is 10.0. The number of urea groups is 1. The highest BCUT2D eigenvalue weighted by molar-refractivity contribution is 5.89. The molecule has 1 aromatic carbocycles. The number of amides is 2. The number of para-hydroxylation sites is 1. The first kappa shape index (κ1) is 20.5. The first-order chi connectivity index (χ1) is 12.6. The van der Waals surface area contributed by atoms with Gasteiger partial charge >= 0.3 is 12.0 Å². The Labute approximate surface area is 158 Å². The number of hydrogen-bond donors (Lipinski definition) is 3. The molecule has 1 aromatic heterocycles. The summed E-state index contributed by atoms with van der Waals surface area (Å²) in [7, 11) is 0. The summed E-state index contributed by atoms with van der Waals surface area (Å²) in [6, 6.07) is 5.61. The zero-order chi connectivity index (χ0) is 20.2. The van der Waals surface area contributed by atoms with Crippen molar-refractivity contribution in [2.45, 2.75) is 58.7 Å². The Balaban J connectivity index is 2.20. The Bertz CT molecular complexity index is 835. The first-order valence-corrected chi connectivity index (χ1v) is 8.92. The molecule has 2 aromatic rings. The Kier molecular flexibility index (Phi) is 6.25. The van der Waals surface area contributed by atoms with Crippen molar-refractivity contribution in [2.24, 2.45) is 0 Å². The summed E-state index contributed by atoms with van der Waals surface area (Å²) in [6.45, 7) is 8.29. The van der Waals surface area contributed by atoms with Crippen LogP contribution in [-0.2, 0) is 20.7 Å². The Morgan fingerprint density at radius 2 is 1.81 bits per heavy atom. The summed E-state index contributed by atoms with van der Waals surface area (Å²) in [5, 5.41) is 6.14. The van der Waals surface area contributed by atoms with E-state index in [1.54, 1.807) is 27.7 Å². The fraction of sp³-hybridized carbons (Fsp3) is 0.450. The zero-order valence-corrected chi connectivity index (χ0v) is 16.4. The lowest BCUT2D eigenvalue weighted by molar-refractivity contribution is -0.157. The minimum Gasteiger partial charge on any atom is -0.458 e. The normalized spacial score (nSPS) is 13.7. The number of esters is 1. The van der Waals surface area contributed by atoms with Gasteiger partial charge in [0.05, 0.1) is 6.04 Å². The van der Waals surface area contributed by atoms with Crippen molar-refractivity contribution in [1.82, 2.24) is 15.6 Å². The van der Waals surface area contributed by atoms with E-state index >= 15 is 0 Å². The van der Waals surface area contributed by atoms with Gasteiger partial charge in [0, 0.05) is 23.5 Å². The number of carbonyl (C=O) groups excluding carboxylic acids is 3. The molecule has 2 amide bonds. The maximum Gasteiger partial charge on any atom is 0.329 e.